The molecule has 7 nitrogen and oxygen atoms in total. The van der Waals surface area contributed by atoms with Crippen molar-refractivity contribution >= 4 is 37.0 Å². The van der Waals surface area contributed by atoms with Gasteiger partial charge >= 0.3 is 0 Å². The van der Waals surface area contributed by atoms with Gasteiger partial charge in [0.25, 0.3) is 0 Å². The summed E-state index contributed by atoms with van der Waals surface area (Å²) >= 11 is 6.07. The zero-order valence-corrected chi connectivity index (χ0v) is 16.9. The van der Waals surface area contributed by atoms with Gasteiger partial charge in [0, 0.05) is 0 Å². The Kier molecular flexibility index (Phi) is 4.65. The average molecular weight is 382 g/mol. The van der Waals surface area contributed by atoms with Crippen LogP contribution in [0, 0.1) is 0 Å². The van der Waals surface area contributed by atoms with E-state index >= 15 is 0 Å². The third-order valence-corrected chi connectivity index (χ3v) is 9.65. The lowest BCUT2D eigenvalue weighted by Gasteiger charge is -2.36. The molecule has 3 heterocycles. The fourth-order valence-electron chi connectivity index (χ4n) is 2.33. The first-order valence-corrected chi connectivity index (χ1v) is 11.5. The van der Waals surface area contributed by atoms with Gasteiger partial charge in [0.2, 0.25) is 5.95 Å². The maximum absolute atomic E-state index is 6.24. The van der Waals surface area contributed by atoms with E-state index in [0.29, 0.717) is 17.8 Å². The lowest BCUT2D eigenvalue weighted by atomic mass is 10.2. The van der Waals surface area contributed by atoms with Gasteiger partial charge in [-0.3, -0.25) is 4.57 Å². The van der Waals surface area contributed by atoms with Crippen LogP contribution in [-0.4, -0.2) is 40.5 Å². The van der Waals surface area contributed by atoms with Crippen LogP contribution in [0.15, 0.2) is 18.5 Å². The number of halogens is 1. The highest BCUT2D eigenvalue weighted by atomic mass is 35.5. The Morgan fingerprint density at radius 1 is 1.32 bits per heavy atom. The van der Waals surface area contributed by atoms with E-state index in [1.54, 1.807) is 10.9 Å². The Hall–Kier alpha value is -1.48. The summed E-state index contributed by atoms with van der Waals surface area (Å²) in [6.45, 7) is 11.7. The fourth-order valence-corrected chi connectivity index (χ4v) is 3.57. The molecule has 0 aliphatic carbocycles. The smallest absolute Gasteiger partial charge is 0.223 e. The molecule has 0 amide bonds. The number of fused-ring (bicyclic) bond motifs is 1. The summed E-state index contributed by atoms with van der Waals surface area (Å²) in [5.41, 5.74) is 6.76. The minimum absolute atomic E-state index is 0.105. The number of anilines is 1. The highest BCUT2D eigenvalue weighted by Gasteiger charge is 2.38. The van der Waals surface area contributed by atoms with Gasteiger partial charge in [0.05, 0.1) is 12.9 Å². The summed E-state index contributed by atoms with van der Waals surface area (Å²) in [7, 11) is -1.81. The highest BCUT2D eigenvalue weighted by molar-refractivity contribution is 6.74. The first kappa shape index (κ1) is 18.3. The number of hydrogen-bond donors (Lipinski definition) is 1. The van der Waals surface area contributed by atoms with Crippen LogP contribution in [0.25, 0.3) is 11.2 Å². The van der Waals surface area contributed by atoms with Gasteiger partial charge in [0.1, 0.15) is 11.6 Å². The molecule has 0 fully saturated rings. The zero-order valence-electron chi connectivity index (χ0n) is 15.2. The number of nitrogen functional groups attached to an aromatic ring is 1. The molecular weight excluding hydrogens is 358 g/mol. The van der Waals surface area contributed by atoms with Crippen molar-refractivity contribution < 1.29 is 9.16 Å². The average Bonchev–Trinajstić information content (AvgIpc) is 3.10. The van der Waals surface area contributed by atoms with Crippen molar-refractivity contribution in [3.05, 3.63) is 23.6 Å². The summed E-state index contributed by atoms with van der Waals surface area (Å²) < 4.78 is 14.1. The molecule has 0 saturated heterocycles. The van der Waals surface area contributed by atoms with Crippen molar-refractivity contribution in [1.82, 2.24) is 19.5 Å². The van der Waals surface area contributed by atoms with E-state index in [0.717, 1.165) is 0 Å². The van der Waals surface area contributed by atoms with Gasteiger partial charge in [-0.25, -0.2) is 4.98 Å². The minimum atomic E-state index is -1.81. The Morgan fingerprint density at radius 3 is 2.72 bits per heavy atom. The van der Waals surface area contributed by atoms with Crippen molar-refractivity contribution in [2.75, 3.05) is 12.3 Å². The standard InChI is InChI=1S/C16H24ClN5O2Si/c1-16(2,3)25(4,5)23-8-10-6-7-11(24-10)22-9-19-12-13(17)20-15(18)21-14(12)22/h6-7,9-11H,8H2,1-5H3,(H2,18,20,21)/t10-,11+/m0/s1. The third-order valence-electron chi connectivity index (χ3n) is 4.89. The Morgan fingerprint density at radius 2 is 2.04 bits per heavy atom. The normalized spacial score (nSPS) is 21.4. The molecule has 2 aromatic rings. The quantitative estimate of drug-likeness (QED) is 0.495. The number of imidazole rings is 1. The van der Waals surface area contributed by atoms with Crippen LogP contribution in [0.2, 0.25) is 23.3 Å². The van der Waals surface area contributed by atoms with Gasteiger partial charge in [0.15, 0.2) is 25.3 Å². The van der Waals surface area contributed by atoms with Crippen molar-refractivity contribution in [2.24, 2.45) is 0 Å². The molecule has 25 heavy (non-hydrogen) atoms. The van der Waals surface area contributed by atoms with Crippen LogP contribution in [0.3, 0.4) is 0 Å². The molecule has 136 valence electrons. The van der Waals surface area contributed by atoms with Crippen molar-refractivity contribution in [1.29, 1.82) is 0 Å². The van der Waals surface area contributed by atoms with Crippen LogP contribution < -0.4 is 5.73 Å². The summed E-state index contributed by atoms with van der Waals surface area (Å²) in [5.74, 6) is 0.110. The molecule has 1 aliphatic heterocycles. The molecule has 0 saturated carbocycles. The number of nitrogens with zero attached hydrogens (tertiary/aromatic N) is 4. The van der Waals surface area contributed by atoms with Crippen LogP contribution >= 0.6 is 11.6 Å². The number of ether oxygens (including phenoxy) is 1. The van der Waals surface area contributed by atoms with Crippen molar-refractivity contribution in [3.8, 4) is 0 Å². The first-order chi connectivity index (χ1) is 11.6. The van der Waals surface area contributed by atoms with E-state index < -0.39 is 8.32 Å². The topological polar surface area (TPSA) is 88.1 Å². The molecule has 2 N–H and O–H groups in total. The van der Waals surface area contributed by atoms with Gasteiger partial charge in [-0.1, -0.05) is 38.4 Å². The second-order valence-electron chi connectivity index (χ2n) is 7.72. The fraction of sp³-hybridized carbons (Fsp3) is 0.562. The second kappa shape index (κ2) is 6.35. The number of aromatic nitrogens is 4. The van der Waals surface area contributed by atoms with Crippen molar-refractivity contribution in [3.63, 3.8) is 0 Å². The summed E-state index contributed by atoms with van der Waals surface area (Å²) in [6, 6.07) is 0. The highest BCUT2D eigenvalue weighted by Crippen LogP contribution is 2.37. The lowest BCUT2D eigenvalue weighted by Crippen LogP contribution is -2.42. The van der Waals surface area contributed by atoms with E-state index in [1.807, 2.05) is 12.2 Å². The van der Waals surface area contributed by atoms with E-state index in [4.69, 9.17) is 26.5 Å². The van der Waals surface area contributed by atoms with E-state index in [1.165, 1.54) is 0 Å². The SMILES string of the molecule is CC(C)(C)[Si](C)(C)OC[C@@H]1C=C[C@H](n2cnc3c(Cl)nc(N)nc32)O1. The molecule has 3 rings (SSSR count). The maximum atomic E-state index is 6.24. The third kappa shape index (κ3) is 3.57. The van der Waals surface area contributed by atoms with Gasteiger partial charge in [-0.2, -0.15) is 9.97 Å². The molecule has 0 aromatic carbocycles. The molecule has 0 radical (unpaired) electrons. The monoisotopic (exact) mass is 381 g/mol. The Bertz CT molecular complexity index is 815. The zero-order chi connectivity index (χ0) is 18.4. The molecule has 9 heteroatoms. The van der Waals surface area contributed by atoms with Gasteiger partial charge in [-0.15, -0.1) is 0 Å². The largest absolute Gasteiger partial charge is 0.414 e. The van der Waals surface area contributed by atoms with E-state index in [9.17, 15) is 0 Å². The molecule has 0 unspecified atom stereocenters. The predicted molar refractivity (Wildman–Crippen MR) is 101 cm³/mol. The molecule has 0 spiro atoms. The summed E-state index contributed by atoms with van der Waals surface area (Å²) in [5, 5.41) is 0.404. The first-order valence-electron chi connectivity index (χ1n) is 8.22. The molecular formula is C16H24ClN5O2Si. The maximum Gasteiger partial charge on any atom is 0.223 e. The number of hydrogen-bond acceptors (Lipinski definition) is 6. The van der Waals surface area contributed by atoms with Crippen LogP contribution in [0.1, 0.15) is 27.0 Å². The summed E-state index contributed by atoms with van der Waals surface area (Å²) in [4.78, 5) is 12.4. The van der Waals surface area contributed by atoms with Gasteiger partial charge < -0.3 is 14.9 Å². The molecule has 2 aromatic heterocycles. The Balaban J connectivity index is 1.71. The number of rotatable bonds is 4. The molecule has 2 atom stereocenters. The van der Waals surface area contributed by atoms with Gasteiger partial charge in [-0.05, 0) is 24.2 Å². The molecule has 1 aliphatic rings. The Labute approximate surface area is 153 Å². The minimum Gasteiger partial charge on any atom is -0.414 e. The second-order valence-corrected chi connectivity index (χ2v) is 12.9. The molecule has 0 bridgehead atoms. The van der Waals surface area contributed by atoms with Crippen LogP contribution in [0.5, 0.6) is 0 Å². The number of nitrogens with two attached hydrogens (primary N) is 1. The lowest BCUT2D eigenvalue weighted by molar-refractivity contribution is -0.00380. The van der Waals surface area contributed by atoms with Crippen LogP contribution in [0.4, 0.5) is 5.95 Å². The van der Waals surface area contributed by atoms with E-state index in [-0.39, 0.29) is 28.5 Å². The predicted octanol–water partition coefficient (Wildman–Crippen LogP) is 3.54. The summed E-state index contributed by atoms with van der Waals surface area (Å²) in [6.07, 6.45) is 5.19. The van der Waals surface area contributed by atoms with Crippen molar-refractivity contribution in [2.45, 2.75) is 51.2 Å². The van der Waals surface area contributed by atoms with E-state index in [2.05, 4.69) is 48.8 Å². The van der Waals surface area contributed by atoms with Crippen LogP contribution in [-0.2, 0) is 9.16 Å².